The van der Waals surface area contributed by atoms with Gasteiger partial charge in [-0.25, -0.2) is 17.2 Å². The third-order valence-corrected chi connectivity index (χ3v) is 7.84. The molecule has 0 radical (unpaired) electrons. The molecule has 1 heterocycles. The fourth-order valence-corrected chi connectivity index (χ4v) is 5.91. The lowest BCUT2D eigenvalue weighted by Gasteiger charge is -2.39. The van der Waals surface area contributed by atoms with E-state index >= 15 is 0 Å². The van der Waals surface area contributed by atoms with Gasteiger partial charge in [-0.3, -0.25) is 9.10 Å². The molecule has 0 aromatic heterocycles. The number of benzene rings is 2. The third kappa shape index (κ3) is 4.43. The van der Waals surface area contributed by atoms with Gasteiger partial charge < -0.3 is 5.11 Å². The summed E-state index contributed by atoms with van der Waals surface area (Å²) in [6.45, 7) is 3.02. The summed E-state index contributed by atoms with van der Waals surface area (Å²) in [4.78, 5) is 11.7. The van der Waals surface area contributed by atoms with E-state index in [4.69, 9.17) is 0 Å². The molecule has 0 saturated heterocycles. The summed E-state index contributed by atoms with van der Waals surface area (Å²) >= 11 is 0. The van der Waals surface area contributed by atoms with Gasteiger partial charge in [-0.15, -0.1) is 0 Å². The van der Waals surface area contributed by atoms with Crippen LogP contribution in [0.15, 0.2) is 47.4 Å². The number of ketones is 1. The van der Waals surface area contributed by atoms with E-state index in [0.29, 0.717) is 6.07 Å². The monoisotopic (exact) mass is 505 g/mol. The zero-order valence-corrected chi connectivity index (χ0v) is 19.5. The Morgan fingerprint density at radius 1 is 1.09 bits per heavy atom. The zero-order valence-electron chi connectivity index (χ0n) is 18.7. The predicted molar refractivity (Wildman–Crippen MR) is 115 cm³/mol. The predicted octanol–water partition coefficient (Wildman–Crippen LogP) is 4.89. The molecule has 3 rings (SSSR count). The van der Waals surface area contributed by atoms with Crippen molar-refractivity contribution in [2.75, 3.05) is 4.31 Å². The summed E-state index contributed by atoms with van der Waals surface area (Å²) in [5.74, 6) is -4.86. The van der Waals surface area contributed by atoms with Crippen LogP contribution in [-0.2, 0) is 26.8 Å². The highest BCUT2D eigenvalue weighted by molar-refractivity contribution is 7.92. The number of nitrogens with zero attached hydrogens (tertiary/aromatic N) is 1. The van der Waals surface area contributed by atoms with Crippen molar-refractivity contribution in [1.29, 1.82) is 0 Å². The second-order valence-corrected chi connectivity index (χ2v) is 10.5. The lowest BCUT2D eigenvalue weighted by Crippen LogP contribution is -2.54. The SMILES string of the molecule is CC(=O)CC1CCc2cc(C(O)(C(C)(F)F)C(F)(F)F)ccc2N1S(=O)(=O)c1ccc(C)cc1. The summed E-state index contributed by atoms with van der Waals surface area (Å²) in [5, 5.41) is 10.1. The zero-order chi connectivity index (χ0) is 25.7. The molecule has 1 aliphatic heterocycles. The molecule has 0 saturated carbocycles. The van der Waals surface area contributed by atoms with Crippen LogP contribution in [0.2, 0.25) is 0 Å². The fourth-order valence-electron chi connectivity index (χ4n) is 4.19. The van der Waals surface area contributed by atoms with Crippen molar-refractivity contribution in [2.24, 2.45) is 0 Å². The molecule has 2 atom stereocenters. The van der Waals surface area contributed by atoms with Crippen molar-refractivity contribution in [1.82, 2.24) is 0 Å². The molecule has 2 aromatic carbocycles. The summed E-state index contributed by atoms with van der Waals surface area (Å²) < 4.78 is 96.7. The number of Topliss-reactive ketones (excluding diaryl/α,β-unsaturated/α-hetero) is 1. The van der Waals surface area contributed by atoms with Gasteiger partial charge >= 0.3 is 6.18 Å². The Morgan fingerprint density at radius 3 is 2.18 bits per heavy atom. The maximum Gasteiger partial charge on any atom is 0.427 e. The molecule has 2 unspecified atom stereocenters. The molecule has 0 amide bonds. The first kappa shape index (κ1) is 26.1. The first-order chi connectivity index (χ1) is 15.5. The van der Waals surface area contributed by atoms with Crippen molar-refractivity contribution < 1.29 is 40.3 Å². The number of rotatable bonds is 6. The molecule has 2 aromatic rings. The Bertz CT molecular complexity index is 1170. The van der Waals surface area contributed by atoms with Crippen LogP contribution in [-0.4, -0.2) is 37.4 Å². The average Bonchev–Trinajstić information content (AvgIpc) is 2.70. The number of carbonyl (C=O) groups is 1. The van der Waals surface area contributed by atoms with Crippen LogP contribution in [0.4, 0.5) is 27.6 Å². The molecule has 0 fully saturated rings. The second kappa shape index (κ2) is 8.60. The van der Waals surface area contributed by atoms with Crippen LogP contribution in [0.3, 0.4) is 0 Å². The number of alkyl halides is 5. The molecular weight excluding hydrogens is 481 g/mol. The van der Waals surface area contributed by atoms with Gasteiger partial charge in [0.2, 0.25) is 5.60 Å². The number of aryl methyl sites for hydroxylation is 2. The third-order valence-electron chi connectivity index (χ3n) is 5.96. The molecule has 186 valence electrons. The molecular formula is C23H24F5NO4S. The van der Waals surface area contributed by atoms with Crippen molar-refractivity contribution in [2.45, 2.75) is 68.7 Å². The lowest BCUT2D eigenvalue weighted by molar-refractivity contribution is -0.335. The molecule has 0 aliphatic carbocycles. The molecule has 34 heavy (non-hydrogen) atoms. The number of hydrogen-bond donors (Lipinski definition) is 1. The first-order valence-electron chi connectivity index (χ1n) is 10.4. The highest BCUT2D eigenvalue weighted by atomic mass is 32.2. The van der Waals surface area contributed by atoms with Crippen molar-refractivity contribution >= 4 is 21.5 Å². The quantitative estimate of drug-likeness (QED) is 0.568. The normalized spacial score (nSPS) is 18.9. The van der Waals surface area contributed by atoms with E-state index in [9.17, 15) is 40.3 Å². The van der Waals surface area contributed by atoms with Gasteiger partial charge in [0.05, 0.1) is 16.6 Å². The maximum atomic E-state index is 14.0. The first-order valence-corrected chi connectivity index (χ1v) is 11.8. The highest BCUT2D eigenvalue weighted by Gasteiger charge is 2.67. The number of anilines is 1. The second-order valence-electron chi connectivity index (χ2n) is 8.65. The largest absolute Gasteiger partial charge is 0.427 e. The minimum Gasteiger partial charge on any atom is -0.372 e. The minimum absolute atomic E-state index is 0.0224. The van der Waals surface area contributed by atoms with Crippen LogP contribution < -0.4 is 4.31 Å². The van der Waals surface area contributed by atoms with Gasteiger partial charge in [-0.2, -0.15) is 13.2 Å². The number of halogens is 5. The van der Waals surface area contributed by atoms with E-state index < -0.39 is 39.3 Å². The number of fused-ring (bicyclic) bond motifs is 1. The van der Waals surface area contributed by atoms with E-state index in [0.717, 1.165) is 22.0 Å². The molecule has 1 aliphatic rings. The van der Waals surface area contributed by atoms with Gasteiger partial charge in [0, 0.05) is 13.3 Å². The molecule has 0 spiro atoms. The Morgan fingerprint density at radius 2 is 1.68 bits per heavy atom. The Hall–Kier alpha value is -2.53. The van der Waals surface area contributed by atoms with Gasteiger partial charge in [0.15, 0.2) is 0 Å². The van der Waals surface area contributed by atoms with Gasteiger partial charge in [-0.1, -0.05) is 29.8 Å². The summed E-state index contributed by atoms with van der Waals surface area (Å²) in [5.41, 5.74) is -4.74. The molecule has 5 nitrogen and oxygen atoms in total. The van der Waals surface area contributed by atoms with Crippen molar-refractivity contribution in [3.05, 3.63) is 59.2 Å². The van der Waals surface area contributed by atoms with Crippen molar-refractivity contribution in [3.8, 4) is 0 Å². The highest BCUT2D eigenvalue weighted by Crippen LogP contribution is 2.50. The van der Waals surface area contributed by atoms with Crippen LogP contribution in [0, 0.1) is 6.92 Å². The Labute approximate surface area is 194 Å². The topological polar surface area (TPSA) is 74.7 Å². The van der Waals surface area contributed by atoms with E-state index in [1.54, 1.807) is 19.1 Å². The Balaban J connectivity index is 2.20. The van der Waals surface area contributed by atoms with E-state index in [-0.39, 0.29) is 48.1 Å². The number of hydrogen-bond acceptors (Lipinski definition) is 4. The molecule has 1 N–H and O–H groups in total. The van der Waals surface area contributed by atoms with Gasteiger partial charge in [0.25, 0.3) is 15.9 Å². The van der Waals surface area contributed by atoms with Crippen LogP contribution in [0.1, 0.15) is 43.4 Å². The van der Waals surface area contributed by atoms with Crippen LogP contribution in [0.25, 0.3) is 0 Å². The molecule has 0 bridgehead atoms. The Kier molecular flexibility index (Phi) is 6.60. The number of aliphatic hydroxyl groups is 1. The fraction of sp³-hybridized carbons (Fsp3) is 0.435. The average molecular weight is 506 g/mol. The smallest absolute Gasteiger partial charge is 0.372 e. The van der Waals surface area contributed by atoms with E-state index in [2.05, 4.69) is 0 Å². The van der Waals surface area contributed by atoms with E-state index in [1.807, 2.05) is 0 Å². The van der Waals surface area contributed by atoms with Crippen LogP contribution >= 0.6 is 0 Å². The standard InChI is InChI=1S/C23H24F5NO4S/c1-14-4-9-19(10-5-14)34(32,33)29-18(12-15(2)30)8-6-16-13-17(7-11-20(16)29)22(31,21(3,24)25)23(26,27)28/h4-5,7,9-11,13,18,31H,6,8,12H2,1-3H3. The van der Waals surface area contributed by atoms with Gasteiger partial charge in [-0.05, 0) is 56.0 Å². The maximum absolute atomic E-state index is 14.0. The van der Waals surface area contributed by atoms with E-state index in [1.165, 1.54) is 19.1 Å². The number of sulfonamides is 1. The summed E-state index contributed by atoms with van der Waals surface area (Å²) in [6.07, 6.45) is -5.72. The minimum atomic E-state index is -5.70. The summed E-state index contributed by atoms with van der Waals surface area (Å²) in [6, 6.07) is 7.48. The number of carbonyl (C=O) groups excluding carboxylic acids is 1. The van der Waals surface area contributed by atoms with Crippen LogP contribution in [0.5, 0.6) is 0 Å². The van der Waals surface area contributed by atoms with Gasteiger partial charge in [0.1, 0.15) is 5.78 Å². The summed E-state index contributed by atoms with van der Waals surface area (Å²) in [7, 11) is -4.24. The van der Waals surface area contributed by atoms with Crippen molar-refractivity contribution in [3.63, 3.8) is 0 Å². The lowest BCUT2D eigenvalue weighted by atomic mass is 9.84. The molecule has 11 heteroatoms.